The molecule has 0 bridgehead atoms. The highest BCUT2D eigenvalue weighted by molar-refractivity contribution is 6.30. The molecule has 2 rings (SSSR count). The molecule has 20 heavy (non-hydrogen) atoms. The number of benzene rings is 2. The first-order valence-electron chi connectivity index (χ1n) is 5.98. The van der Waals surface area contributed by atoms with E-state index in [1.54, 1.807) is 37.3 Å². The summed E-state index contributed by atoms with van der Waals surface area (Å²) in [5, 5.41) is 9.86. The lowest BCUT2D eigenvalue weighted by Crippen LogP contribution is -2.29. The van der Waals surface area contributed by atoms with Crippen molar-refractivity contribution in [2.24, 2.45) is 0 Å². The minimum atomic E-state index is -1.20. The number of nitrogens with zero attached hydrogens (tertiary/aromatic N) is 1. The summed E-state index contributed by atoms with van der Waals surface area (Å²) in [7, 11) is 0. The van der Waals surface area contributed by atoms with E-state index >= 15 is 0 Å². The Balaban J connectivity index is 2.34. The van der Waals surface area contributed by atoms with E-state index in [1.807, 2.05) is 0 Å². The zero-order valence-electron chi connectivity index (χ0n) is 10.8. The van der Waals surface area contributed by atoms with Crippen LogP contribution in [0.25, 0.3) is 0 Å². The van der Waals surface area contributed by atoms with Crippen molar-refractivity contribution in [3.05, 3.63) is 64.4 Å². The van der Waals surface area contributed by atoms with Crippen molar-refractivity contribution in [2.75, 3.05) is 4.90 Å². The minimum absolute atomic E-state index is 0.0486. The smallest absolute Gasteiger partial charge is 0.412 e. The molecule has 0 radical (unpaired) electrons. The molecule has 1 amide bonds. The molecule has 5 heteroatoms. The lowest BCUT2D eigenvalue weighted by atomic mass is 10.1. The number of amides is 1. The Bertz CT molecular complexity index is 628. The molecule has 2 aromatic carbocycles. The normalized spacial score (nSPS) is 10.3. The quantitative estimate of drug-likeness (QED) is 0.907. The Morgan fingerprint density at radius 3 is 2.50 bits per heavy atom. The summed E-state index contributed by atoms with van der Waals surface area (Å²) in [6.07, 6.45) is -1.20. The third-order valence-electron chi connectivity index (χ3n) is 2.88. The topological polar surface area (TPSA) is 40.5 Å². The standard InChI is InChI=1S/C15H13ClFNO2/c1-10-2-7-13(17)14(8-10)18(15(19)20)9-11-3-5-12(16)6-4-11/h2-8H,9H2,1H3,(H,19,20). The van der Waals surface area contributed by atoms with Crippen LogP contribution in [0.1, 0.15) is 11.1 Å². The average molecular weight is 294 g/mol. The van der Waals surface area contributed by atoms with Crippen molar-refractivity contribution in [3.63, 3.8) is 0 Å². The summed E-state index contributed by atoms with van der Waals surface area (Å²) in [6, 6.07) is 11.1. The van der Waals surface area contributed by atoms with Gasteiger partial charge in [-0.05, 0) is 42.3 Å². The molecule has 2 aromatic rings. The summed E-state index contributed by atoms with van der Waals surface area (Å²) < 4.78 is 13.8. The Hall–Kier alpha value is -2.07. The number of aryl methyl sites for hydroxylation is 1. The average Bonchev–Trinajstić information content (AvgIpc) is 2.41. The van der Waals surface area contributed by atoms with Gasteiger partial charge in [0.1, 0.15) is 5.82 Å². The van der Waals surface area contributed by atoms with Gasteiger partial charge in [0.25, 0.3) is 0 Å². The van der Waals surface area contributed by atoms with E-state index in [9.17, 15) is 14.3 Å². The second kappa shape index (κ2) is 5.92. The molecule has 3 nitrogen and oxygen atoms in total. The zero-order valence-corrected chi connectivity index (χ0v) is 11.6. The molecule has 0 spiro atoms. The van der Waals surface area contributed by atoms with Crippen molar-refractivity contribution < 1.29 is 14.3 Å². The molecule has 0 atom stereocenters. The Morgan fingerprint density at radius 2 is 1.90 bits per heavy atom. The molecule has 0 aliphatic heterocycles. The molecule has 0 aromatic heterocycles. The van der Waals surface area contributed by atoms with Gasteiger partial charge in [-0.25, -0.2) is 9.18 Å². The van der Waals surface area contributed by atoms with Gasteiger partial charge < -0.3 is 5.11 Å². The largest absolute Gasteiger partial charge is 0.465 e. The van der Waals surface area contributed by atoms with E-state index in [2.05, 4.69) is 0 Å². The van der Waals surface area contributed by atoms with E-state index < -0.39 is 11.9 Å². The minimum Gasteiger partial charge on any atom is -0.465 e. The highest BCUT2D eigenvalue weighted by atomic mass is 35.5. The van der Waals surface area contributed by atoms with Gasteiger partial charge in [-0.15, -0.1) is 0 Å². The van der Waals surface area contributed by atoms with Crippen LogP contribution >= 0.6 is 11.6 Å². The fraction of sp³-hybridized carbons (Fsp3) is 0.133. The molecule has 0 aliphatic rings. The SMILES string of the molecule is Cc1ccc(F)c(N(Cc2ccc(Cl)cc2)C(=O)O)c1. The molecule has 0 saturated carbocycles. The summed E-state index contributed by atoms with van der Waals surface area (Å²) >= 11 is 5.78. The van der Waals surface area contributed by atoms with Gasteiger partial charge in [-0.3, -0.25) is 4.90 Å². The van der Waals surface area contributed by atoms with E-state index in [0.717, 1.165) is 16.0 Å². The maximum absolute atomic E-state index is 13.8. The fourth-order valence-corrected chi connectivity index (χ4v) is 1.98. The van der Waals surface area contributed by atoms with E-state index in [-0.39, 0.29) is 12.2 Å². The highest BCUT2D eigenvalue weighted by Crippen LogP contribution is 2.23. The molecule has 0 aliphatic carbocycles. The molecule has 0 saturated heterocycles. The van der Waals surface area contributed by atoms with Crippen LogP contribution in [0.4, 0.5) is 14.9 Å². The predicted octanol–water partition coefficient (Wildman–Crippen LogP) is 4.47. The lowest BCUT2D eigenvalue weighted by Gasteiger charge is -2.20. The van der Waals surface area contributed by atoms with E-state index in [0.29, 0.717) is 5.02 Å². The van der Waals surface area contributed by atoms with Gasteiger partial charge in [0.2, 0.25) is 0 Å². The van der Waals surface area contributed by atoms with Crippen molar-refractivity contribution in [1.29, 1.82) is 0 Å². The van der Waals surface area contributed by atoms with Crippen LogP contribution in [0.3, 0.4) is 0 Å². The van der Waals surface area contributed by atoms with Crippen LogP contribution in [0, 0.1) is 12.7 Å². The Kier molecular flexibility index (Phi) is 4.25. The first-order valence-corrected chi connectivity index (χ1v) is 6.36. The monoisotopic (exact) mass is 293 g/mol. The number of halogens is 2. The number of hydrogen-bond donors (Lipinski definition) is 1. The molecule has 1 N–H and O–H groups in total. The molecule has 104 valence electrons. The fourth-order valence-electron chi connectivity index (χ4n) is 1.86. The molecule has 0 heterocycles. The van der Waals surface area contributed by atoms with Gasteiger partial charge in [0.05, 0.1) is 12.2 Å². The number of rotatable bonds is 3. The van der Waals surface area contributed by atoms with Gasteiger partial charge in [-0.2, -0.15) is 0 Å². The van der Waals surface area contributed by atoms with Crippen molar-refractivity contribution in [1.82, 2.24) is 0 Å². The molecular formula is C15H13ClFNO2. The second-order valence-corrected chi connectivity index (χ2v) is 4.89. The van der Waals surface area contributed by atoms with Gasteiger partial charge in [0.15, 0.2) is 0 Å². The van der Waals surface area contributed by atoms with Gasteiger partial charge >= 0.3 is 6.09 Å². The van der Waals surface area contributed by atoms with Crippen LogP contribution in [0.2, 0.25) is 5.02 Å². The van der Waals surface area contributed by atoms with Crippen LogP contribution in [0.5, 0.6) is 0 Å². The van der Waals surface area contributed by atoms with Crippen molar-refractivity contribution in [3.8, 4) is 0 Å². The van der Waals surface area contributed by atoms with Crippen molar-refractivity contribution in [2.45, 2.75) is 13.5 Å². The summed E-state index contributed by atoms with van der Waals surface area (Å²) in [5.74, 6) is -0.563. The first kappa shape index (κ1) is 14.3. The molecule has 0 unspecified atom stereocenters. The molecular weight excluding hydrogens is 281 g/mol. The predicted molar refractivity (Wildman–Crippen MR) is 76.8 cm³/mol. The number of carbonyl (C=O) groups is 1. The Morgan fingerprint density at radius 1 is 1.25 bits per heavy atom. The third-order valence-corrected chi connectivity index (χ3v) is 3.13. The summed E-state index contributed by atoms with van der Waals surface area (Å²) in [4.78, 5) is 12.3. The highest BCUT2D eigenvalue weighted by Gasteiger charge is 2.18. The number of carboxylic acid groups (broad SMARTS) is 1. The summed E-state index contributed by atoms with van der Waals surface area (Å²) in [5.41, 5.74) is 1.58. The first-order chi connectivity index (χ1) is 9.47. The zero-order chi connectivity index (χ0) is 14.7. The summed E-state index contributed by atoms with van der Waals surface area (Å²) in [6.45, 7) is 1.85. The number of anilines is 1. The van der Waals surface area contributed by atoms with Crippen LogP contribution < -0.4 is 4.90 Å². The van der Waals surface area contributed by atoms with Crippen molar-refractivity contribution >= 4 is 23.4 Å². The van der Waals surface area contributed by atoms with E-state index in [4.69, 9.17) is 11.6 Å². The van der Waals surface area contributed by atoms with Crippen LogP contribution in [-0.4, -0.2) is 11.2 Å². The van der Waals surface area contributed by atoms with Gasteiger partial charge in [0, 0.05) is 5.02 Å². The van der Waals surface area contributed by atoms with Gasteiger partial charge in [-0.1, -0.05) is 29.8 Å². The maximum atomic E-state index is 13.8. The number of hydrogen-bond acceptors (Lipinski definition) is 1. The second-order valence-electron chi connectivity index (χ2n) is 4.45. The molecule has 0 fully saturated rings. The lowest BCUT2D eigenvalue weighted by molar-refractivity contribution is 0.201. The van der Waals surface area contributed by atoms with Crippen LogP contribution in [-0.2, 0) is 6.54 Å². The maximum Gasteiger partial charge on any atom is 0.412 e. The Labute approximate surface area is 121 Å². The van der Waals surface area contributed by atoms with Crippen LogP contribution in [0.15, 0.2) is 42.5 Å². The van der Waals surface area contributed by atoms with E-state index in [1.165, 1.54) is 12.1 Å². The third kappa shape index (κ3) is 3.27.